The molecule has 0 atom stereocenters. The van der Waals surface area contributed by atoms with Crippen LogP contribution in [0.4, 0.5) is 0 Å². The molecule has 4 aromatic rings. The molecule has 1 nitrogen and oxygen atoms in total. The van der Waals surface area contributed by atoms with E-state index in [4.69, 9.17) is 4.98 Å². The first-order valence-electron chi connectivity index (χ1n) is 7.48. The highest BCUT2D eigenvalue weighted by Gasteiger charge is 2.09. The van der Waals surface area contributed by atoms with E-state index < -0.39 is 0 Å². The standard InChI is InChI=1S/C20H17N/c1-3-19-18-12-13(2)8-10-16(18)17-11-9-14-6-4-5-7-15(14)20(17)21-19/h4-12H,3H2,1-2H3. The fourth-order valence-electron chi connectivity index (χ4n) is 3.19. The third-order valence-corrected chi connectivity index (χ3v) is 4.26. The lowest BCUT2D eigenvalue weighted by Gasteiger charge is -2.11. The van der Waals surface area contributed by atoms with Crippen LogP contribution in [0.2, 0.25) is 0 Å². The van der Waals surface area contributed by atoms with Crippen LogP contribution >= 0.6 is 0 Å². The number of pyridine rings is 1. The van der Waals surface area contributed by atoms with Gasteiger partial charge in [0.25, 0.3) is 0 Å². The highest BCUT2D eigenvalue weighted by atomic mass is 14.7. The maximum atomic E-state index is 4.99. The van der Waals surface area contributed by atoms with E-state index in [1.54, 1.807) is 0 Å². The van der Waals surface area contributed by atoms with Gasteiger partial charge >= 0.3 is 0 Å². The largest absolute Gasteiger partial charge is 0.252 e. The molecule has 1 aromatic heterocycles. The second kappa shape index (κ2) is 4.56. The summed E-state index contributed by atoms with van der Waals surface area (Å²) in [5, 5.41) is 6.35. The number of fused-ring (bicyclic) bond motifs is 5. The zero-order valence-electron chi connectivity index (χ0n) is 12.4. The van der Waals surface area contributed by atoms with E-state index in [9.17, 15) is 0 Å². The molecular weight excluding hydrogens is 254 g/mol. The van der Waals surface area contributed by atoms with E-state index in [1.807, 2.05) is 0 Å². The minimum atomic E-state index is 0.957. The number of nitrogens with zero attached hydrogens (tertiary/aromatic N) is 1. The number of aryl methyl sites for hydroxylation is 2. The molecule has 0 saturated heterocycles. The van der Waals surface area contributed by atoms with Crippen molar-refractivity contribution in [3.8, 4) is 0 Å². The summed E-state index contributed by atoms with van der Waals surface area (Å²) >= 11 is 0. The second-order valence-corrected chi connectivity index (χ2v) is 5.64. The monoisotopic (exact) mass is 271 g/mol. The summed E-state index contributed by atoms with van der Waals surface area (Å²) in [5.74, 6) is 0. The van der Waals surface area contributed by atoms with E-state index in [0.717, 1.165) is 11.9 Å². The van der Waals surface area contributed by atoms with Crippen molar-refractivity contribution in [3.63, 3.8) is 0 Å². The molecule has 0 aliphatic heterocycles. The van der Waals surface area contributed by atoms with E-state index >= 15 is 0 Å². The first kappa shape index (κ1) is 12.3. The van der Waals surface area contributed by atoms with E-state index in [1.165, 1.54) is 38.2 Å². The minimum Gasteiger partial charge on any atom is -0.252 e. The molecule has 0 N–H and O–H groups in total. The first-order valence-corrected chi connectivity index (χ1v) is 7.48. The highest BCUT2D eigenvalue weighted by molar-refractivity contribution is 6.15. The van der Waals surface area contributed by atoms with Crippen LogP contribution in [0.5, 0.6) is 0 Å². The maximum absolute atomic E-state index is 4.99. The Hall–Kier alpha value is -2.41. The lowest BCUT2D eigenvalue weighted by molar-refractivity contribution is 1.08. The Kier molecular flexibility index (Phi) is 2.68. The van der Waals surface area contributed by atoms with Gasteiger partial charge in [-0.1, -0.05) is 61.0 Å². The van der Waals surface area contributed by atoms with Gasteiger partial charge in [-0.3, -0.25) is 4.98 Å². The molecule has 21 heavy (non-hydrogen) atoms. The predicted molar refractivity (Wildman–Crippen MR) is 90.9 cm³/mol. The Bertz CT molecular complexity index is 983. The first-order chi connectivity index (χ1) is 10.3. The lowest BCUT2D eigenvalue weighted by Crippen LogP contribution is -1.93. The van der Waals surface area contributed by atoms with Gasteiger partial charge < -0.3 is 0 Å². The van der Waals surface area contributed by atoms with Gasteiger partial charge in [0, 0.05) is 21.9 Å². The number of hydrogen-bond donors (Lipinski definition) is 0. The van der Waals surface area contributed by atoms with Gasteiger partial charge in [-0.15, -0.1) is 0 Å². The number of aromatic nitrogens is 1. The lowest BCUT2D eigenvalue weighted by atomic mass is 9.98. The van der Waals surface area contributed by atoms with Crippen LogP contribution < -0.4 is 0 Å². The van der Waals surface area contributed by atoms with Crippen LogP contribution in [0, 0.1) is 6.92 Å². The van der Waals surface area contributed by atoms with E-state index in [0.29, 0.717) is 0 Å². The molecular formula is C20H17N. The molecule has 0 fully saturated rings. The Balaban J connectivity index is 2.28. The normalized spacial score (nSPS) is 11.5. The van der Waals surface area contributed by atoms with Crippen molar-refractivity contribution >= 4 is 32.4 Å². The zero-order chi connectivity index (χ0) is 14.4. The molecule has 0 bridgehead atoms. The fraction of sp³-hybridized carbons (Fsp3) is 0.150. The third-order valence-electron chi connectivity index (χ3n) is 4.26. The molecule has 0 radical (unpaired) electrons. The van der Waals surface area contributed by atoms with Gasteiger partial charge in [0.2, 0.25) is 0 Å². The molecule has 0 aliphatic rings. The van der Waals surface area contributed by atoms with Gasteiger partial charge in [-0.25, -0.2) is 0 Å². The summed E-state index contributed by atoms with van der Waals surface area (Å²) in [5.41, 5.74) is 3.61. The van der Waals surface area contributed by atoms with Gasteiger partial charge in [0.05, 0.1) is 5.52 Å². The molecule has 102 valence electrons. The molecule has 3 aromatic carbocycles. The third kappa shape index (κ3) is 1.81. The summed E-state index contributed by atoms with van der Waals surface area (Å²) in [6, 6.07) is 19.6. The zero-order valence-corrected chi connectivity index (χ0v) is 12.4. The fourth-order valence-corrected chi connectivity index (χ4v) is 3.19. The molecule has 1 heteroatoms. The molecule has 0 unspecified atom stereocenters. The average molecular weight is 271 g/mol. The Labute approximate surface area is 124 Å². The molecule has 4 rings (SSSR count). The van der Waals surface area contributed by atoms with Crippen molar-refractivity contribution in [2.24, 2.45) is 0 Å². The van der Waals surface area contributed by atoms with Gasteiger partial charge in [0.15, 0.2) is 0 Å². The Morgan fingerprint density at radius 2 is 1.62 bits per heavy atom. The van der Waals surface area contributed by atoms with Crippen LogP contribution in [0.15, 0.2) is 54.6 Å². The van der Waals surface area contributed by atoms with Gasteiger partial charge in [-0.2, -0.15) is 0 Å². The number of rotatable bonds is 1. The number of hydrogen-bond acceptors (Lipinski definition) is 1. The van der Waals surface area contributed by atoms with Crippen molar-refractivity contribution in [3.05, 3.63) is 65.9 Å². The van der Waals surface area contributed by atoms with Gasteiger partial charge in [-0.05, 0) is 30.2 Å². The smallest absolute Gasteiger partial charge is 0.0790 e. The van der Waals surface area contributed by atoms with Crippen LogP contribution in [0.1, 0.15) is 18.2 Å². The molecule has 0 aliphatic carbocycles. The summed E-state index contributed by atoms with van der Waals surface area (Å²) < 4.78 is 0. The molecule has 1 heterocycles. The van der Waals surface area contributed by atoms with Crippen molar-refractivity contribution in [1.29, 1.82) is 0 Å². The van der Waals surface area contributed by atoms with Crippen LogP contribution in [-0.4, -0.2) is 4.98 Å². The SMILES string of the molecule is CCc1nc2c3ccccc3ccc2c2ccc(C)cc12. The molecule has 0 saturated carbocycles. The van der Waals surface area contributed by atoms with Crippen molar-refractivity contribution in [2.45, 2.75) is 20.3 Å². The van der Waals surface area contributed by atoms with Crippen molar-refractivity contribution in [1.82, 2.24) is 4.98 Å². The quantitative estimate of drug-likeness (QED) is 0.422. The van der Waals surface area contributed by atoms with Crippen LogP contribution in [0.3, 0.4) is 0 Å². The van der Waals surface area contributed by atoms with Crippen LogP contribution in [-0.2, 0) is 6.42 Å². The second-order valence-electron chi connectivity index (χ2n) is 5.64. The summed E-state index contributed by atoms with van der Waals surface area (Å²) in [6.07, 6.45) is 0.957. The Morgan fingerprint density at radius 1 is 0.810 bits per heavy atom. The summed E-state index contributed by atoms with van der Waals surface area (Å²) in [7, 11) is 0. The van der Waals surface area contributed by atoms with Crippen molar-refractivity contribution in [2.75, 3.05) is 0 Å². The van der Waals surface area contributed by atoms with E-state index in [2.05, 4.69) is 68.4 Å². The Morgan fingerprint density at radius 3 is 2.48 bits per heavy atom. The molecule has 0 spiro atoms. The summed E-state index contributed by atoms with van der Waals surface area (Å²) in [6.45, 7) is 4.32. The predicted octanol–water partition coefficient (Wildman–Crippen LogP) is 5.41. The average Bonchev–Trinajstić information content (AvgIpc) is 2.53. The number of benzene rings is 3. The molecule has 0 amide bonds. The van der Waals surface area contributed by atoms with Crippen LogP contribution in [0.25, 0.3) is 32.4 Å². The summed E-state index contributed by atoms with van der Waals surface area (Å²) in [4.78, 5) is 4.99. The van der Waals surface area contributed by atoms with Gasteiger partial charge in [0.1, 0.15) is 0 Å². The topological polar surface area (TPSA) is 12.9 Å². The maximum Gasteiger partial charge on any atom is 0.0790 e. The van der Waals surface area contributed by atoms with E-state index in [-0.39, 0.29) is 0 Å². The van der Waals surface area contributed by atoms with Crippen molar-refractivity contribution < 1.29 is 0 Å². The highest BCUT2D eigenvalue weighted by Crippen LogP contribution is 2.31. The minimum absolute atomic E-state index is 0.957.